The van der Waals surface area contributed by atoms with Gasteiger partial charge in [0.1, 0.15) is 0 Å². The van der Waals surface area contributed by atoms with Crippen molar-refractivity contribution >= 4 is 0 Å². The first kappa shape index (κ1) is 14.0. The molecule has 0 heterocycles. The quantitative estimate of drug-likeness (QED) is 0.781. The van der Waals surface area contributed by atoms with Crippen LogP contribution in [0.4, 0.5) is 0 Å². The van der Waals surface area contributed by atoms with E-state index >= 15 is 0 Å². The molecule has 1 fully saturated rings. The minimum Gasteiger partial charge on any atom is -0.329 e. The van der Waals surface area contributed by atoms with Crippen LogP contribution in [0.3, 0.4) is 0 Å². The van der Waals surface area contributed by atoms with Crippen LogP contribution in [0, 0.1) is 11.8 Å². The van der Waals surface area contributed by atoms with Gasteiger partial charge in [0.05, 0.1) is 0 Å². The Hall–Kier alpha value is -0.0800. The molecular weight excluding hydrogens is 196 g/mol. The molecule has 1 aliphatic carbocycles. The van der Waals surface area contributed by atoms with E-state index in [4.69, 9.17) is 5.73 Å². The van der Waals surface area contributed by atoms with E-state index in [1.807, 2.05) is 0 Å². The van der Waals surface area contributed by atoms with E-state index in [0.29, 0.717) is 0 Å². The predicted octanol–water partition coefficient (Wildman–Crippen LogP) is 2.87. The summed E-state index contributed by atoms with van der Waals surface area (Å²) in [5.41, 5.74) is 6.43. The Morgan fingerprint density at radius 2 is 2.06 bits per heavy atom. The Morgan fingerprint density at radius 1 is 1.38 bits per heavy atom. The molecule has 2 unspecified atom stereocenters. The third-order valence-corrected chi connectivity index (χ3v) is 4.36. The molecule has 0 amide bonds. The minimum absolute atomic E-state index is 0.289. The van der Waals surface area contributed by atoms with Crippen LogP contribution in [0.5, 0.6) is 0 Å². The van der Waals surface area contributed by atoms with Gasteiger partial charge in [0.25, 0.3) is 0 Å². The first-order valence-corrected chi connectivity index (χ1v) is 7.02. The van der Waals surface area contributed by atoms with Gasteiger partial charge in [0.2, 0.25) is 0 Å². The third-order valence-electron chi connectivity index (χ3n) is 4.36. The Bertz CT molecular complexity index is 203. The van der Waals surface area contributed by atoms with Crippen LogP contribution in [0.25, 0.3) is 0 Å². The van der Waals surface area contributed by atoms with Crippen molar-refractivity contribution in [1.29, 1.82) is 0 Å². The molecule has 0 aromatic carbocycles. The molecule has 0 radical (unpaired) electrons. The lowest BCUT2D eigenvalue weighted by atomic mass is 9.72. The molecule has 2 nitrogen and oxygen atoms in total. The average Bonchev–Trinajstić information content (AvgIpc) is 2.27. The first-order chi connectivity index (χ1) is 7.56. The Labute approximate surface area is 102 Å². The topological polar surface area (TPSA) is 29.3 Å². The fraction of sp³-hybridized carbons (Fsp3) is 1.00. The van der Waals surface area contributed by atoms with Crippen LogP contribution in [0.2, 0.25) is 0 Å². The third kappa shape index (κ3) is 2.78. The summed E-state index contributed by atoms with van der Waals surface area (Å²) in [4.78, 5) is 2.65. The highest BCUT2D eigenvalue weighted by atomic mass is 15.2. The number of nitrogens with two attached hydrogens (primary N) is 1. The van der Waals surface area contributed by atoms with Gasteiger partial charge >= 0.3 is 0 Å². The highest BCUT2D eigenvalue weighted by molar-refractivity contribution is 4.98. The maximum Gasteiger partial charge on any atom is 0.0357 e. The molecule has 0 aromatic rings. The summed E-state index contributed by atoms with van der Waals surface area (Å²) in [6, 6.07) is 0. The summed E-state index contributed by atoms with van der Waals surface area (Å²) in [5.74, 6) is 1.49. The Balaban J connectivity index is 2.81. The van der Waals surface area contributed by atoms with E-state index in [9.17, 15) is 0 Å². The van der Waals surface area contributed by atoms with Gasteiger partial charge in [-0.3, -0.25) is 4.90 Å². The van der Waals surface area contributed by atoms with Crippen LogP contribution < -0.4 is 5.73 Å². The van der Waals surface area contributed by atoms with E-state index in [1.165, 1.54) is 32.2 Å². The lowest BCUT2D eigenvalue weighted by Gasteiger charge is -2.50. The predicted molar refractivity (Wildman–Crippen MR) is 71.5 cm³/mol. The van der Waals surface area contributed by atoms with Crippen molar-refractivity contribution in [3.05, 3.63) is 0 Å². The monoisotopic (exact) mass is 226 g/mol. The van der Waals surface area contributed by atoms with E-state index < -0.39 is 0 Å². The Morgan fingerprint density at radius 3 is 2.50 bits per heavy atom. The fourth-order valence-corrected chi connectivity index (χ4v) is 3.37. The van der Waals surface area contributed by atoms with Crippen molar-refractivity contribution in [2.45, 2.75) is 58.9 Å². The van der Waals surface area contributed by atoms with Gasteiger partial charge in [-0.05, 0) is 31.2 Å². The van der Waals surface area contributed by atoms with Crippen molar-refractivity contribution < 1.29 is 0 Å². The maximum absolute atomic E-state index is 6.14. The largest absolute Gasteiger partial charge is 0.329 e. The molecule has 2 N–H and O–H groups in total. The highest BCUT2D eigenvalue weighted by Gasteiger charge is 2.41. The lowest BCUT2D eigenvalue weighted by Crippen LogP contribution is -2.60. The summed E-state index contributed by atoms with van der Waals surface area (Å²) in [5, 5.41) is 0. The zero-order chi connectivity index (χ0) is 12.2. The molecule has 1 aliphatic rings. The number of nitrogens with zero attached hydrogens (tertiary/aromatic N) is 1. The SMILES string of the molecule is CCN(CC(C)C)C1(CN)CCCCC1C. The molecule has 0 aromatic heterocycles. The van der Waals surface area contributed by atoms with Crippen molar-refractivity contribution in [3.63, 3.8) is 0 Å². The van der Waals surface area contributed by atoms with Crippen LogP contribution in [0.15, 0.2) is 0 Å². The number of rotatable bonds is 5. The molecule has 1 saturated carbocycles. The molecule has 0 bridgehead atoms. The number of hydrogen-bond donors (Lipinski definition) is 1. The van der Waals surface area contributed by atoms with E-state index in [2.05, 4.69) is 32.6 Å². The fourth-order valence-electron chi connectivity index (χ4n) is 3.37. The zero-order valence-corrected chi connectivity index (χ0v) is 11.6. The van der Waals surface area contributed by atoms with Crippen molar-refractivity contribution in [1.82, 2.24) is 4.90 Å². The molecule has 96 valence electrons. The molecular formula is C14H30N2. The summed E-state index contributed by atoms with van der Waals surface area (Å²) in [6.07, 6.45) is 5.40. The molecule has 0 spiro atoms. The summed E-state index contributed by atoms with van der Waals surface area (Å²) >= 11 is 0. The molecule has 2 atom stereocenters. The molecule has 0 saturated heterocycles. The minimum atomic E-state index is 0.289. The van der Waals surface area contributed by atoms with Gasteiger partial charge in [-0.2, -0.15) is 0 Å². The second-order valence-corrected chi connectivity index (χ2v) is 5.89. The van der Waals surface area contributed by atoms with Gasteiger partial charge in [-0.15, -0.1) is 0 Å². The van der Waals surface area contributed by atoms with Crippen LogP contribution in [-0.2, 0) is 0 Å². The van der Waals surface area contributed by atoms with E-state index in [1.54, 1.807) is 0 Å². The maximum atomic E-state index is 6.14. The summed E-state index contributed by atoms with van der Waals surface area (Å²) in [6.45, 7) is 12.4. The summed E-state index contributed by atoms with van der Waals surface area (Å²) < 4.78 is 0. The molecule has 2 heteroatoms. The highest BCUT2D eigenvalue weighted by Crippen LogP contribution is 2.38. The smallest absolute Gasteiger partial charge is 0.0357 e. The Kier molecular flexibility index (Phi) is 5.26. The second-order valence-electron chi connectivity index (χ2n) is 5.89. The summed E-state index contributed by atoms with van der Waals surface area (Å²) in [7, 11) is 0. The van der Waals surface area contributed by atoms with Crippen LogP contribution in [0.1, 0.15) is 53.4 Å². The van der Waals surface area contributed by atoms with Crippen molar-refractivity contribution in [2.24, 2.45) is 17.6 Å². The van der Waals surface area contributed by atoms with Gasteiger partial charge in [0, 0.05) is 18.6 Å². The van der Waals surface area contributed by atoms with Gasteiger partial charge in [-0.1, -0.05) is 40.5 Å². The van der Waals surface area contributed by atoms with E-state index in [-0.39, 0.29) is 5.54 Å². The van der Waals surface area contributed by atoms with Crippen molar-refractivity contribution in [2.75, 3.05) is 19.6 Å². The molecule has 1 rings (SSSR count). The normalized spacial score (nSPS) is 31.3. The first-order valence-electron chi connectivity index (χ1n) is 7.02. The van der Waals surface area contributed by atoms with E-state index in [0.717, 1.165) is 24.9 Å². The van der Waals surface area contributed by atoms with Crippen LogP contribution >= 0.6 is 0 Å². The average molecular weight is 226 g/mol. The number of hydrogen-bond acceptors (Lipinski definition) is 2. The zero-order valence-electron chi connectivity index (χ0n) is 11.6. The van der Waals surface area contributed by atoms with Gasteiger partial charge in [-0.25, -0.2) is 0 Å². The lowest BCUT2D eigenvalue weighted by molar-refractivity contribution is 0.00905. The molecule has 0 aliphatic heterocycles. The van der Waals surface area contributed by atoms with Gasteiger partial charge < -0.3 is 5.73 Å². The number of likely N-dealkylation sites (N-methyl/N-ethyl adjacent to an activating group) is 1. The second kappa shape index (κ2) is 6.02. The van der Waals surface area contributed by atoms with Crippen LogP contribution in [-0.4, -0.2) is 30.1 Å². The van der Waals surface area contributed by atoms with Gasteiger partial charge in [0.15, 0.2) is 0 Å². The standard InChI is InChI=1S/C14H30N2/c1-5-16(10-12(2)3)14(11-15)9-7-6-8-13(14)4/h12-13H,5-11,15H2,1-4H3. The molecule has 16 heavy (non-hydrogen) atoms. The van der Waals surface area contributed by atoms with Crippen molar-refractivity contribution in [3.8, 4) is 0 Å².